The van der Waals surface area contributed by atoms with Crippen LogP contribution in [0.1, 0.15) is 35.0 Å². The molecule has 10 nitrogen and oxygen atoms in total. The molecule has 0 saturated carbocycles. The van der Waals surface area contributed by atoms with Crippen LogP contribution in [0.3, 0.4) is 0 Å². The second-order valence-corrected chi connectivity index (χ2v) is 6.62. The molecule has 1 aromatic carbocycles. The summed E-state index contributed by atoms with van der Waals surface area (Å²) in [6.45, 7) is 2.20. The molecule has 3 aromatic heterocycles. The van der Waals surface area contributed by atoms with Crippen molar-refractivity contribution in [3.8, 4) is 11.4 Å². The number of carboxylic acids is 1. The van der Waals surface area contributed by atoms with Crippen LogP contribution in [-0.2, 0) is 13.0 Å². The number of carbonyl (C=O) groups is 1. The molecule has 0 unspecified atom stereocenters. The first kappa shape index (κ1) is 18.4. The summed E-state index contributed by atoms with van der Waals surface area (Å²) >= 11 is 0. The third-order valence-electron chi connectivity index (χ3n) is 4.60. The van der Waals surface area contributed by atoms with Gasteiger partial charge in [-0.15, -0.1) is 0 Å². The maximum atomic E-state index is 12.6. The predicted molar refractivity (Wildman–Crippen MR) is 105 cm³/mol. The van der Waals surface area contributed by atoms with Crippen LogP contribution in [-0.4, -0.2) is 40.8 Å². The van der Waals surface area contributed by atoms with E-state index in [0.717, 1.165) is 10.1 Å². The minimum absolute atomic E-state index is 0.183. The van der Waals surface area contributed by atoms with E-state index in [4.69, 9.17) is 5.11 Å². The van der Waals surface area contributed by atoms with E-state index in [1.165, 1.54) is 6.07 Å². The number of imidazole rings is 1. The minimum atomic E-state index is -1.00. The number of fused-ring (bicyclic) bond motifs is 1. The van der Waals surface area contributed by atoms with E-state index < -0.39 is 17.2 Å². The summed E-state index contributed by atoms with van der Waals surface area (Å²) in [6.07, 6.45) is 2.65. The Morgan fingerprint density at radius 1 is 1.24 bits per heavy atom. The largest absolute Gasteiger partial charge is 0.478 e. The molecule has 10 heteroatoms. The van der Waals surface area contributed by atoms with Gasteiger partial charge in [0.15, 0.2) is 5.65 Å². The lowest BCUT2D eigenvalue weighted by molar-refractivity contribution is 0.0696. The Kier molecular flexibility index (Phi) is 4.59. The number of nitrogens with one attached hydrogen (secondary N) is 3. The third kappa shape index (κ3) is 3.35. The lowest BCUT2D eigenvalue weighted by Gasteiger charge is -2.02. The highest BCUT2D eigenvalue weighted by molar-refractivity contribution is 5.87. The number of aromatic nitrogens is 6. The summed E-state index contributed by atoms with van der Waals surface area (Å²) in [7, 11) is 0. The van der Waals surface area contributed by atoms with Crippen molar-refractivity contribution in [3.05, 3.63) is 68.1 Å². The van der Waals surface area contributed by atoms with E-state index in [1.807, 2.05) is 13.0 Å². The fraction of sp³-hybridized carbons (Fsp3) is 0.211. The number of carboxylic acid groups (broad SMARTS) is 1. The lowest BCUT2D eigenvalue weighted by atomic mass is 10.0. The van der Waals surface area contributed by atoms with E-state index in [0.29, 0.717) is 36.5 Å². The number of aromatic carboxylic acids is 1. The molecule has 4 N–H and O–H groups in total. The highest BCUT2D eigenvalue weighted by Gasteiger charge is 2.17. The van der Waals surface area contributed by atoms with Gasteiger partial charge in [-0.3, -0.25) is 19.4 Å². The second kappa shape index (κ2) is 7.23. The maximum absolute atomic E-state index is 12.6. The standard InChI is InChI=1S/C19H18N6O4/c1-2-6-25-17(26)14-16(23-19(25)29)22-15(21-14)12-9-20-24-13(12)8-10-4-3-5-11(7-10)18(27)28/h3-5,7,9H,2,6,8H2,1H3,(H,20,24)(H,21,22)(H,23,29)(H,27,28). The molecular formula is C19H18N6O4. The maximum Gasteiger partial charge on any atom is 0.335 e. The topological polar surface area (TPSA) is 150 Å². The molecule has 0 spiro atoms. The summed E-state index contributed by atoms with van der Waals surface area (Å²) < 4.78 is 1.14. The van der Waals surface area contributed by atoms with Crippen LogP contribution in [0.2, 0.25) is 0 Å². The Bertz CT molecular complexity index is 1330. The zero-order valence-corrected chi connectivity index (χ0v) is 15.5. The fourth-order valence-corrected chi connectivity index (χ4v) is 3.23. The van der Waals surface area contributed by atoms with Gasteiger partial charge in [0, 0.05) is 19.2 Å². The van der Waals surface area contributed by atoms with Crippen molar-refractivity contribution < 1.29 is 9.90 Å². The third-order valence-corrected chi connectivity index (χ3v) is 4.60. The molecule has 3 heterocycles. The van der Waals surface area contributed by atoms with Gasteiger partial charge < -0.3 is 10.1 Å². The van der Waals surface area contributed by atoms with Crippen molar-refractivity contribution in [1.82, 2.24) is 29.7 Å². The molecule has 0 atom stereocenters. The number of rotatable bonds is 6. The Hall–Kier alpha value is -3.95. The highest BCUT2D eigenvalue weighted by atomic mass is 16.4. The lowest BCUT2D eigenvalue weighted by Crippen LogP contribution is -2.34. The van der Waals surface area contributed by atoms with Crippen LogP contribution >= 0.6 is 0 Å². The Morgan fingerprint density at radius 2 is 2.07 bits per heavy atom. The summed E-state index contributed by atoms with van der Waals surface area (Å²) in [5, 5.41) is 16.2. The molecule has 0 aliphatic rings. The molecule has 0 aliphatic carbocycles. The molecular weight excluding hydrogens is 376 g/mol. The molecule has 0 fully saturated rings. The molecule has 0 saturated heterocycles. The van der Waals surface area contributed by atoms with Gasteiger partial charge in [0.25, 0.3) is 5.56 Å². The van der Waals surface area contributed by atoms with Crippen LogP contribution in [0.4, 0.5) is 0 Å². The van der Waals surface area contributed by atoms with Crippen molar-refractivity contribution in [2.24, 2.45) is 0 Å². The van der Waals surface area contributed by atoms with Gasteiger partial charge in [0.2, 0.25) is 0 Å². The average molecular weight is 394 g/mol. The zero-order chi connectivity index (χ0) is 20.5. The zero-order valence-electron chi connectivity index (χ0n) is 15.5. The van der Waals surface area contributed by atoms with Gasteiger partial charge in [0.1, 0.15) is 11.3 Å². The van der Waals surface area contributed by atoms with E-state index >= 15 is 0 Å². The fourth-order valence-electron chi connectivity index (χ4n) is 3.23. The Morgan fingerprint density at radius 3 is 2.83 bits per heavy atom. The minimum Gasteiger partial charge on any atom is -0.478 e. The van der Waals surface area contributed by atoms with E-state index in [-0.39, 0.29) is 16.7 Å². The Labute approximate surface area is 163 Å². The molecule has 0 aliphatic heterocycles. The van der Waals surface area contributed by atoms with Crippen LogP contribution in [0.25, 0.3) is 22.6 Å². The van der Waals surface area contributed by atoms with Gasteiger partial charge in [-0.2, -0.15) is 5.10 Å². The summed E-state index contributed by atoms with van der Waals surface area (Å²) in [5.74, 6) is -0.612. The van der Waals surface area contributed by atoms with Crippen molar-refractivity contribution in [2.45, 2.75) is 26.3 Å². The van der Waals surface area contributed by atoms with Crippen LogP contribution in [0.5, 0.6) is 0 Å². The number of H-pyrrole nitrogens is 3. The number of nitrogens with zero attached hydrogens (tertiary/aromatic N) is 3. The van der Waals surface area contributed by atoms with Crippen LogP contribution < -0.4 is 11.2 Å². The van der Waals surface area contributed by atoms with Gasteiger partial charge in [0.05, 0.1) is 16.8 Å². The van der Waals surface area contributed by atoms with E-state index in [2.05, 4.69) is 25.1 Å². The van der Waals surface area contributed by atoms with Crippen LogP contribution in [0.15, 0.2) is 40.1 Å². The number of benzene rings is 1. The van der Waals surface area contributed by atoms with Crippen LogP contribution in [0, 0.1) is 0 Å². The van der Waals surface area contributed by atoms with Crippen molar-refractivity contribution >= 4 is 17.1 Å². The molecule has 148 valence electrons. The summed E-state index contributed by atoms with van der Waals surface area (Å²) in [6, 6.07) is 6.59. The normalized spacial score (nSPS) is 11.2. The highest BCUT2D eigenvalue weighted by Crippen LogP contribution is 2.23. The molecule has 4 rings (SSSR count). The van der Waals surface area contributed by atoms with E-state index in [9.17, 15) is 14.4 Å². The van der Waals surface area contributed by atoms with Gasteiger partial charge in [-0.05, 0) is 24.1 Å². The van der Waals surface area contributed by atoms with Gasteiger partial charge >= 0.3 is 11.7 Å². The first-order valence-electron chi connectivity index (χ1n) is 9.06. The molecule has 0 bridgehead atoms. The summed E-state index contributed by atoms with van der Waals surface area (Å²) in [5.41, 5.74) is 1.69. The van der Waals surface area contributed by atoms with Crippen molar-refractivity contribution in [3.63, 3.8) is 0 Å². The number of aromatic amines is 3. The first-order valence-corrected chi connectivity index (χ1v) is 9.06. The quantitative estimate of drug-likeness (QED) is 0.389. The Balaban J connectivity index is 1.75. The molecule has 4 aromatic rings. The number of hydrogen-bond donors (Lipinski definition) is 4. The van der Waals surface area contributed by atoms with Crippen molar-refractivity contribution in [1.29, 1.82) is 0 Å². The molecule has 0 amide bonds. The second-order valence-electron chi connectivity index (χ2n) is 6.62. The summed E-state index contributed by atoms with van der Waals surface area (Å²) in [4.78, 5) is 45.8. The average Bonchev–Trinajstić information content (AvgIpc) is 3.32. The first-order chi connectivity index (χ1) is 14.0. The van der Waals surface area contributed by atoms with Gasteiger partial charge in [-0.1, -0.05) is 19.1 Å². The monoisotopic (exact) mass is 394 g/mol. The SMILES string of the molecule is CCCn1c(=O)[nH]c2nc(-c3c[nH]nc3Cc3cccc(C(=O)O)c3)[nH]c2c1=O. The molecule has 0 radical (unpaired) electrons. The van der Waals surface area contributed by atoms with E-state index in [1.54, 1.807) is 18.3 Å². The number of hydrogen-bond acceptors (Lipinski definition) is 5. The van der Waals surface area contributed by atoms with Crippen molar-refractivity contribution in [2.75, 3.05) is 0 Å². The smallest absolute Gasteiger partial charge is 0.335 e. The van der Waals surface area contributed by atoms with Gasteiger partial charge in [-0.25, -0.2) is 14.6 Å². The predicted octanol–water partition coefficient (Wildman–Crippen LogP) is 1.50. The molecule has 29 heavy (non-hydrogen) atoms.